The maximum atomic E-state index is 11.8. The molecule has 19 heavy (non-hydrogen) atoms. The SMILES string of the molecule is CCCCC(N)C(=O)NCC1(C(=O)O)CCOCC1. The zero-order valence-corrected chi connectivity index (χ0v) is 11.5. The number of carboxylic acid groups (broad SMARTS) is 1. The van der Waals surface area contributed by atoms with Crippen molar-refractivity contribution >= 4 is 11.9 Å². The van der Waals surface area contributed by atoms with Gasteiger partial charge in [0.1, 0.15) is 0 Å². The average molecular weight is 272 g/mol. The van der Waals surface area contributed by atoms with E-state index in [1.807, 2.05) is 6.92 Å². The van der Waals surface area contributed by atoms with Crippen LogP contribution in [0.25, 0.3) is 0 Å². The van der Waals surface area contributed by atoms with Gasteiger partial charge in [-0.2, -0.15) is 0 Å². The molecule has 0 aliphatic carbocycles. The van der Waals surface area contributed by atoms with Crippen LogP contribution < -0.4 is 11.1 Å². The van der Waals surface area contributed by atoms with Gasteiger partial charge in [0.25, 0.3) is 0 Å². The molecule has 0 saturated carbocycles. The largest absolute Gasteiger partial charge is 0.481 e. The van der Waals surface area contributed by atoms with E-state index in [0.717, 1.165) is 12.8 Å². The first-order chi connectivity index (χ1) is 9.02. The van der Waals surface area contributed by atoms with Crippen LogP contribution in [0.1, 0.15) is 39.0 Å². The first kappa shape index (κ1) is 15.9. The predicted octanol–water partition coefficient (Wildman–Crippen LogP) is 0.502. The van der Waals surface area contributed by atoms with E-state index in [-0.39, 0.29) is 12.5 Å². The number of carbonyl (C=O) groups is 2. The van der Waals surface area contributed by atoms with Crippen molar-refractivity contribution in [2.45, 2.75) is 45.1 Å². The third-order valence-corrected chi connectivity index (χ3v) is 3.71. The molecule has 1 saturated heterocycles. The third kappa shape index (κ3) is 4.47. The lowest BCUT2D eigenvalue weighted by atomic mass is 9.80. The van der Waals surface area contributed by atoms with Crippen molar-refractivity contribution in [1.29, 1.82) is 0 Å². The minimum atomic E-state index is -0.904. The van der Waals surface area contributed by atoms with E-state index < -0.39 is 17.4 Å². The summed E-state index contributed by atoms with van der Waals surface area (Å²) in [5.74, 6) is -1.14. The number of ether oxygens (including phenoxy) is 1. The molecule has 1 amide bonds. The summed E-state index contributed by atoms with van der Waals surface area (Å²) in [5.41, 5.74) is 4.85. The van der Waals surface area contributed by atoms with E-state index in [1.54, 1.807) is 0 Å². The van der Waals surface area contributed by atoms with Crippen molar-refractivity contribution in [1.82, 2.24) is 5.32 Å². The summed E-state index contributed by atoms with van der Waals surface area (Å²) in [5, 5.41) is 12.0. The van der Waals surface area contributed by atoms with Crippen LogP contribution >= 0.6 is 0 Å². The molecule has 0 radical (unpaired) electrons. The van der Waals surface area contributed by atoms with Gasteiger partial charge in [0.05, 0.1) is 11.5 Å². The lowest BCUT2D eigenvalue weighted by molar-refractivity contribution is -0.154. The zero-order chi connectivity index (χ0) is 14.3. The van der Waals surface area contributed by atoms with Crippen molar-refractivity contribution in [2.24, 2.45) is 11.1 Å². The van der Waals surface area contributed by atoms with Crippen LogP contribution in [0.2, 0.25) is 0 Å². The number of nitrogens with two attached hydrogens (primary N) is 1. The first-order valence-corrected chi connectivity index (χ1v) is 6.86. The second-order valence-corrected chi connectivity index (χ2v) is 5.16. The Morgan fingerprint density at radius 2 is 2.05 bits per heavy atom. The Labute approximate surface area is 113 Å². The standard InChI is InChI=1S/C13H24N2O4/c1-2-3-4-10(14)11(16)15-9-13(12(17)18)5-7-19-8-6-13/h10H,2-9,14H2,1H3,(H,15,16)(H,17,18). The van der Waals surface area contributed by atoms with Crippen LogP contribution in [0.3, 0.4) is 0 Å². The van der Waals surface area contributed by atoms with Crippen molar-refractivity contribution in [3.05, 3.63) is 0 Å². The summed E-state index contributed by atoms with van der Waals surface area (Å²) in [6.07, 6.45) is 3.36. The van der Waals surface area contributed by atoms with Crippen LogP contribution in [0, 0.1) is 5.41 Å². The first-order valence-electron chi connectivity index (χ1n) is 6.86. The fourth-order valence-electron chi connectivity index (χ4n) is 2.17. The number of carbonyl (C=O) groups excluding carboxylic acids is 1. The summed E-state index contributed by atoms with van der Waals surface area (Å²) >= 11 is 0. The Balaban J connectivity index is 2.48. The Hall–Kier alpha value is -1.14. The molecule has 0 aromatic carbocycles. The Kier molecular flexibility index (Phi) is 6.24. The fourth-order valence-corrected chi connectivity index (χ4v) is 2.17. The van der Waals surface area contributed by atoms with E-state index in [0.29, 0.717) is 32.5 Å². The number of unbranched alkanes of at least 4 members (excludes halogenated alkanes) is 1. The molecule has 4 N–H and O–H groups in total. The smallest absolute Gasteiger partial charge is 0.311 e. The van der Waals surface area contributed by atoms with Gasteiger partial charge in [-0.1, -0.05) is 19.8 Å². The van der Waals surface area contributed by atoms with Gasteiger partial charge in [-0.25, -0.2) is 0 Å². The number of rotatable bonds is 7. The molecule has 110 valence electrons. The minimum absolute atomic E-state index is 0.129. The summed E-state index contributed by atoms with van der Waals surface area (Å²) in [6, 6.07) is -0.550. The Morgan fingerprint density at radius 1 is 1.42 bits per heavy atom. The molecule has 1 heterocycles. The fraction of sp³-hybridized carbons (Fsp3) is 0.846. The molecule has 0 aromatic rings. The minimum Gasteiger partial charge on any atom is -0.481 e. The number of aliphatic carboxylic acids is 1. The molecule has 6 nitrogen and oxygen atoms in total. The molecule has 0 spiro atoms. The summed E-state index contributed by atoms with van der Waals surface area (Å²) < 4.78 is 5.18. The summed E-state index contributed by atoms with van der Waals surface area (Å²) in [6.45, 7) is 3.00. The zero-order valence-electron chi connectivity index (χ0n) is 11.5. The predicted molar refractivity (Wildman–Crippen MR) is 70.6 cm³/mol. The van der Waals surface area contributed by atoms with Crippen molar-refractivity contribution in [3.8, 4) is 0 Å². The van der Waals surface area contributed by atoms with E-state index in [4.69, 9.17) is 10.5 Å². The van der Waals surface area contributed by atoms with Crippen LogP contribution in [-0.2, 0) is 14.3 Å². The third-order valence-electron chi connectivity index (χ3n) is 3.71. The molecule has 6 heteroatoms. The number of carboxylic acids is 1. The number of hydrogen-bond acceptors (Lipinski definition) is 4. The molecule has 1 aliphatic rings. The maximum Gasteiger partial charge on any atom is 0.311 e. The van der Waals surface area contributed by atoms with Gasteiger partial charge in [0.2, 0.25) is 5.91 Å². The van der Waals surface area contributed by atoms with Gasteiger partial charge in [0.15, 0.2) is 0 Å². The summed E-state index contributed by atoms with van der Waals surface area (Å²) in [4.78, 5) is 23.2. The van der Waals surface area contributed by atoms with Gasteiger partial charge in [-0.3, -0.25) is 9.59 Å². The van der Waals surface area contributed by atoms with Crippen LogP contribution in [0.5, 0.6) is 0 Å². The molecule has 1 atom stereocenters. The maximum absolute atomic E-state index is 11.8. The van der Waals surface area contributed by atoms with Gasteiger partial charge in [-0.05, 0) is 19.3 Å². The molecule has 0 bridgehead atoms. The highest BCUT2D eigenvalue weighted by molar-refractivity contribution is 5.82. The van der Waals surface area contributed by atoms with Crippen LogP contribution in [0.15, 0.2) is 0 Å². The van der Waals surface area contributed by atoms with Gasteiger partial charge < -0.3 is 20.9 Å². The Bertz CT molecular complexity index is 314. The van der Waals surface area contributed by atoms with Crippen molar-refractivity contribution < 1.29 is 19.4 Å². The van der Waals surface area contributed by atoms with Gasteiger partial charge in [-0.15, -0.1) is 0 Å². The second kappa shape index (κ2) is 7.45. The Morgan fingerprint density at radius 3 is 2.58 bits per heavy atom. The molecule has 1 aliphatic heterocycles. The topological polar surface area (TPSA) is 102 Å². The second-order valence-electron chi connectivity index (χ2n) is 5.16. The lowest BCUT2D eigenvalue weighted by Gasteiger charge is -2.33. The number of nitrogens with one attached hydrogen (secondary N) is 1. The van der Waals surface area contributed by atoms with Crippen molar-refractivity contribution in [3.63, 3.8) is 0 Å². The monoisotopic (exact) mass is 272 g/mol. The van der Waals surface area contributed by atoms with Crippen LogP contribution in [0.4, 0.5) is 0 Å². The van der Waals surface area contributed by atoms with E-state index in [1.165, 1.54) is 0 Å². The molecule has 1 unspecified atom stereocenters. The van der Waals surface area contributed by atoms with E-state index >= 15 is 0 Å². The highest BCUT2D eigenvalue weighted by Crippen LogP contribution is 2.30. The summed E-state index contributed by atoms with van der Waals surface area (Å²) in [7, 11) is 0. The quantitative estimate of drug-likeness (QED) is 0.626. The molecular weight excluding hydrogens is 248 g/mol. The van der Waals surface area contributed by atoms with Gasteiger partial charge in [0, 0.05) is 19.8 Å². The van der Waals surface area contributed by atoms with E-state index in [2.05, 4.69) is 5.32 Å². The molecule has 1 fully saturated rings. The normalized spacial score (nSPS) is 19.7. The van der Waals surface area contributed by atoms with E-state index in [9.17, 15) is 14.7 Å². The van der Waals surface area contributed by atoms with Gasteiger partial charge >= 0.3 is 5.97 Å². The van der Waals surface area contributed by atoms with Crippen molar-refractivity contribution in [2.75, 3.05) is 19.8 Å². The highest BCUT2D eigenvalue weighted by Gasteiger charge is 2.40. The number of amides is 1. The lowest BCUT2D eigenvalue weighted by Crippen LogP contribution is -2.50. The highest BCUT2D eigenvalue weighted by atomic mass is 16.5. The van der Waals surface area contributed by atoms with Crippen LogP contribution in [-0.4, -0.2) is 42.8 Å². The molecule has 0 aromatic heterocycles. The average Bonchev–Trinajstić information content (AvgIpc) is 2.42. The number of hydrogen-bond donors (Lipinski definition) is 3. The molecule has 1 rings (SSSR count). The molecular formula is C13H24N2O4.